The zero-order valence-electron chi connectivity index (χ0n) is 19.5. The maximum absolute atomic E-state index is 13.9. The molecule has 4 heterocycles. The molecule has 4 saturated heterocycles. The highest BCUT2D eigenvalue weighted by Gasteiger charge is 2.65. The lowest BCUT2D eigenvalue weighted by atomic mass is 9.86. The quantitative estimate of drug-likeness (QED) is 0.658. The number of aryl methyl sites for hydroxylation is 1. The maximum Gasteiger partial charge on any atom is 0.243 e. The number of piperidine rings is 1. The van der Waals surface area contributed by atoms with E-state index in [1.165, 1.54) is 0 Å². The molecule has 0 bridgehead atoms. The van der Waals surface area contributed by atoms with E-state index in [-0.39, 0.29) is 16.9 Å². The number of benzene rings is 2. The Kier molecular flexibility index (Phi) is 5.38. The van der Waals surface area contributed by atoms with Gasteiger partial charge in [-0.2, -0.15) is 9.37 Å². The molecule has 6 rings (SSSR count). The van der Waals surface area contributed by atoms with Crippen LogP contribution in [0.25, 0.3) is 0 Å². The van der Waals surface area contributed by atoms with Gasteiger partial charge in [0.1, 0.15) is 6.10 Å². The van der Waals surface area contributed by atoms with Gasteiger partial charge >= 0.3 is 0 Å². The van der Waals surface area contributed by atoms with Gasteiger partial charge in [-0.3, -0.25) is 4.84 Å². The monoisotopic (exact) mass is 486 g/mol. The van der Waals surface area contributed by atoms with E-state index in [1.807, 2.05) is 56.2 Å². The molecule has 6 atom stereocenters. The van der Waals surface area contributed by atoms with Crippen molar-refractivity contribution < 1.29 is 27.5 Å². The molecule has 0 spiro atoms. The van der Waals surface area contributed by atoms with Crippen LogP contribution in [0.1, 0.15) is 25.0 Å². The lowest BCUT2D eigenvalue weighted by molar-refractivity contribution is -0.232. The SMILES string of the molecule is Cc1ccc(S(=O)(=O)N2CC3CON(Cc4ccccc4)C3[C@H]3O[C@@H]4OC(C)(C)O[C@@H]4[C@H]32)cc1. The number of hydrogen-bond acceptors (Lipinski definition) is 7. The normalized spacial score (nSPS) is 35.1. The van der Waals surface area contributed by atoms with Crippen LogP contribution in [0, 0.1) is 12.8 Å². The molecule has 0 amide bonds. The van der Waals surface area contributed by atoms with Crippen LogP contribution in [-0.4, -0.2) is 67.3 Å². The summed E-state index contributed by atoms with van der Waals surface area (Å²) < 4.78 is 48.0. The number of sulfonamides is 1. The highest BCUT2D eigenvalue weighted by molar-refractivity contribution is 7.89. The molecule has 4 aliphatic rings. The average Bonchev–Trinajstić information content (AvgIpc) is 3.44. The molecular weight excluding hydrogens is 456 g/mol. The Morgan fingerprint density at radius 2 is 1.71 bits per heavy atom. The zero-order chi connectivity index (χ0) is 23.7. The van der Waals surface area contributed by atoms with Gasteiger partial charge in [-0.25, -0.2) is 8.42 Å². The molecule has 0 aromatic heterocycles. The van der Waals surface area contributed by atoms with Crippen molar-refractivity contribution in [1.82, 2.24) is 9.37 Å². The minimum absolute atomic E-state index is 0.0305. The minimum atomic E-state index is -3.78. The summed E-state index contributed by atoms with van der Waals surface area (Å²) in [6, 6.07) is 16.5. The van der Waals surface area contributed by atoms with Crippen molar-refractivity contribution in [3.05, 3.63) is 65.7 Å². The molecule has 182 valence electrons. The third kappa shape index (κ3) is 3.71. The van der Waals surface area contributed by atoms with Crippen LogP contribution in [0.15, 0.2) is 59.5 Å². The fraction of sp³-hybridized carbons (Fsp3) is 0.520. The number of hydrogen-bond donors (Lipinski definition) is 0. The fourth-order valence-electron chi connectivity index (χ4n) is 5.70. The van der Waals surface area contributed by atoms with E-state index >= 15 is 0 Å². The summed E-state index contributed by atoms with van der Waals surface area (Å²) >= 11 is 0. The minimum Gasteiger partial charge on any atom is -0.343 e. The molecule has 4 aliphatic heterocycles. The first kappa shape index (κ1) is 22.6. The van der Waals surface area contributed by atoms with Gasteiger partial charge in [-0.15, -0.1) is 0 Å². The lowest BCUT2D eigenvalue weighted by Gasteiger charge is -2.44. The molecule has 9 heteroatoms. The van der Waals surface area contributed by atoms with E-state index in [0.29, 0.717) is 19.7 Å². The van der Waals surface area contributed by atoms with Crippen LogP contribution in [0.3, 0.4) is 0 Å². The Balaban J connectivity index is 1.36. The Labute approximate surface area is 200 Å². The van der Waals surface area contributed by atoms with E-state index in [1.54, 1.807) is 16.4 Å². The second-order valence-corrected chi connectivity index (χ2v) is 11.9. The fourth-order valence-corrected chi connectivity index (χ4v) is 7.40. The second-order valence-electron chi connectivity index (χ2n) is 10.1. The molecule has 0 aliphatic carbocycles. The lowest BCUT2D eigenvalue weighted by Crippen LogP contribution is -2.63. The van der Waals surface area contributed by atoms with Gasteiger partial charge in [0.25, 0.3) is 0 Å². The van der Waals surface area contributed by atoms with Crippen molar-refractivity contribution in [2.45, 2.75) is 68.6 Å². The molecular formula is C25H30N2O6S. The first-order valence-electron chi connectivity index (χ1n) is 11.8. The number of nitrogens with zero attached hydrogens (tertiary/aromatic N) is 2. The Morgan fingerprint density at radius 3 is 2.44 bits per heavy atom. The van der Waals surface area contributed by atoms with Crippen molar-refractivity contribution >= 4 is 10.0 Å². The van der Waals surface area contributed by atoms with E-state index < -0.39 is 40.4 Å². The predicted octanol–water partition coefficient (Wildman–Crippen LogP) is 2.68. The van der Waals surface area contributed by atoms with Crippen molar-refractivity contribution in [1.29, 1.82) is 0 Å². The van der Waals surface area contributed by atoms with Gasteiger partial charge in [-0.1, -0.05) is 48.0 Å². The Hall–Kier alpha value is -1.85. The van der Waals surface area contributed by atoms with Gasteiger partial charge < -0.3 is 14.2 Å². The molecule has 0 saturated carbocycles. The average molecular weight is 487 g/mol. The van der Waals surface area contributed by atoms with Crippen LogP contribution in [0.4, 0.5) is 0 Å². The van der Waals surface area contributed by atoms with E-state index in [4.69, 9.17) is 19.0 Å². The highest BCUT2D eigenvalue weighted by Crippen LogP contribution is 2.47. The van der Waals surface area contributed by atoms with Crippen LogP contribution in [0.5, 0.6) is 0 Å². The van der Waals surface area contributed by atoms with Crippen molar-refractivity contribution in [3.8, 4) is 0 Å². The van der Waals surface area contributed by atoms with Crippen molar-refractivity contribution in [3.63, 3.8) is 0 Å². The van der Waals surface area contributed by atoms with Crippen LogP contribution >= 0.6 is 0 Å². The largest absolute Gasteiger partial charge is 0.343 e. The number of ether oxygens (including phenoxy) is 3. The van der Waals surface area contributed by atoms with Gasteiger partial charge in [0.15, 0.2) is 12.1 Å². The summed E-state index contributed by atoms with van der Waals surface area (Å²) in [6.45, 7) is 6.97. The summed E-state index contributed by atoms with van der Waals surface area (Å²) in [5.41, 5.74) is 2.14. The summed E-state index contributed by atoms with van der Waals surface area (Å²) in [6.07, 6.45) is -1.57. The standard InChI is InChI=1S/C25H30N2O6S/c1-16-9-11-19(12-10-16)34(28,29)27-14-18-15-30-26(13-17-7-5-4-6-8-17)20(18)22-21(27)23-24(31-22)33-25(2,3)32-23/h4-12,18,20-24H,13-15H2,1-3H3/t18?,20?,21-,22+,23+,24+/m0/s1. The summed E-state index contributed by atoms with van der Waals surface area (Å²) in [4.78, 5) is 6.38. The van der Waals surface area contributed by atoms with Gasteiger partial charge in [0.2, 0.25) is 10.0 Å². The second kappa shape index (κ2) is 8.09. The Morgan fingerprint density at radius 1 is 0.971 bits per heavy atom. The molecule has 2 unspecified atom stereocenters. The van der Waals surface area contributed by atoms with Crippen molar-refractivity contribution in [2.24, 2.45) is 5.92 Å². The van der Waals surface area contributed by atoms with E-state index in [9.17, 15) is 8.42 Å². The molecule has 2 aromatic rings. The molecule has 34 heavy (non-hydrogen) atoms. The van der Waals surface area contributed by atoms with Crippen LogP contribution in [-0.2, 0) is 35.6 Å². The topological polar surface area (TPSA) is 77.5 Å². The third-order valence-corrected chi connectivity index (χ3v) is 9.09. The molecule has 0 radical (unpaired) electrons. The number of hydroxylamine groups is 2. The highest BCUT2D eigenvalue weighted by atomic mass is 32.2. The molecule has 4 fully saturated rings. The van der Waals surface area contributed by atoms with Crippen LogP contribution < -0.4 is 0 Å². The first-order valence-corrected chi connectivity index (χ1v) is 13.2. The summed E-state index contributed by atoms with van der Waals surface area (Å²) in [7, 11) is -3.78. The Bertz CT molecular complexity index is 1160. The summed E-state index contributed by atoms with van der Waals surface area (Å²) in [5.74, 6) is -0.871. The number of rotatable bonds is 4. The molecule has 2 aromatic carbocycles. The van der Waals surface area contributed by atoms with Gasteiger partial charge in [0, 0.05) is 19.0 Å². The maximum atomic E-state index is 13.9. The van der Waals surface area contributed by atoms with E-state index in [2.05, 4.69) is 12.1 Å². The van der Waals surface area contributed by atoms with E-state index in [0.717, 1.165) is 11.1 Å². The predicted molar refractivity (Wildman–Crippen MR) is 123 cm³/mol. The smallest absolute Gasteiger partial charge is 0.243 e. The first-order chi connectivity index (χ1) is 16.2. The van der Waals surface area contributed by atoms with Gasteiger partial charge in [-0.05, 0) is 38.5 Å². The van der Waals surface area contributed by atoms with Crippen LogP contribution in [0.2, 0.25) is 0 Å². The summed E-state index contributed by atoms with van der Waals surface area (Å²) in [5, 5.41) is 1.96. The zero-order valence-corrected chi connectivity index (χ0v) is 20.4. The number of fused-ring (bicyclic) bond motifs is 5. The van der Waals surface area contributed by atoms with Crippen molar-refractivity contribution in [2.75, 3.05) is 13.2 Å². The van der Waals surface area contributed by atoms with Gasteiger partial charge in [0.05, 0.1) is 29.7 Å². The third-order valence-electron chi connectivity index (χ3n) is 7.21. The molecule has 8 nitrogen and oxygen atoms in total. The molecule has 0 N–H and O–H groups in total.